The predicted octanol–water partition coefficient (Wildman–Crippen LogP) is 2.97. The molecule has 7 heteroatoms. The number of hydrazine groups is 1. The van der Waals surface area contributed by atoms with Gasteiger partial charge in [-0.25, -0.2) is 4.39 Å². The molecule has 1 aromatic heterocycles. The zero-order chi connectivity index (χ0) is 18.9. The molecule has 6 nitrogen and oxygen atoms in total. The van der Waals surface area contributed by atoms with E-state index in [1.807, 2.05) is 30.3 Å². The first-order chi connectivity index (χ1) is 13.1. The summed E-state index contributed by atoms with van der Waals surface area (Å²) in [5.41, 5.74) is 5.64. The number of benzene rings is 2. The van der Waals surface area contributed by atoms with Crippen molar-refractivity contribution >= 4 is 11.8 Å². The summed E-state index contributed by atoms with van der Waals surface area (Å²) in [7, 11) is 0. The zero-order valence-corrected chi connectivity index (χ0v) is 14.2. The van der Waals surface area contributed by atoms with E-state index in [2.05, 4.69) is 16.0 Å². The molecule has 0 aliphatic heterocycles. The number of aromatic nitrogens is 1. The highest BCUT2D eigenvalue weighted by Gasteiger charge is 2.51. The highest BCUT2D eigenvalue weighted by molar-refractivity contribution is 5.97. The third-order valence-corrected chi connectivity index (χ3v) is 4.67. The highest BCUT2D eigenvalue weighted by Crippen LogP contribution is 2.48. The van der Waals surface area contributed by atoms with Gasteiger partial charge in [-0.2, -0.15) is 0 Å². The van der Waals surface area contributed by atoms with Crippen LogP contribution in [0, 0.1) is 5.82 Å². The van der Waals surface area contributed by atoms with E-state index in [0.717, 1.165) is 11.1 Å². The Bertz CT molecular complexity index is 979. The minimum Gasteiger partial charge on any atom is -0.355 e. The summed E-state index contributed by atoms with van der Waals surface area (Å²) < 4.78 is 18.3. The summed E-state index contributed by atoms with van der Waals surface area (Å²) in [6.45, 7) is 0. The maximum Gasteiger partial charge on any atom is 0.291 e. The number of nitrogens with one attached hydrogen (secondary N) is 2. The third kappa shape index (κ3) is 3.31. The van der Waals surface area contributed by atoms with Gasteiger partial charge >= 0.3 is 0 Å². The van der Waals surface area contributed by atoms with Crippen molar-refractivity contribution in [3.8, 4) is 11.3 Å². The van der Waals surface area contributed by atoms with Crippen molar-refractivity contribution in [3.05, 3.63) is 77.7 Å². The minimum atomic E-state index is -0.722. The van der Waals surface area contributed by atoms with Gasteiger partial charge in [-0.05, 0) is 30.5 Å². The molecule has 0 atom stereocenters. The van der Waals surface area contributed by atoms with Crippen LogP contribution >= 0.6 is 0 Å². The van der Waals surface area contributed by atoms with Crippen LogP contribution in [0.25, 0.3) is 11.3 Å². The molecule has 2 amide bonds. The number of carbonyl (C=O) groups is 2. The van der Waals surface area contributed by atoms with Crippen LogP contribution in [0.5, 0.6) is 0 Å². The van der Waals surface area contributed by atoms with E-state index in [1.165, 1.54) is 18.2 Å². The van der Waals surface area contributed by atoms with E-state index >= 15 is 0 Å². The Hall–Kier alpha value is -3.48. The lowest BCUT2D eigenvalue weighted by Crippen LogP contribution is -2.46. The molecule has 3 aromatic rings. The molecular weight excluding hydrogens is 349 g/mol. The molecule has 1 saturated carbocycles. The molecular formula is C20H16FN3O3. The van der Waals surface area contributed by atoms with Crippen LogP contribution in [0.4, 0.5) is 4.39 Å². The molecule has 0 saturated heterocycles. The average Bonchev–Trinajstić information content (AvgIpc) is 3.36. The van der Waals surface area contributed by atoms with Gasteiger partial charge in [0.2, 0.25) is 5.91 Å². The first kappa shape index (κ1) is 17.0. The van der Waals surface area contributed by atoms with Crippen LogP contribution in [0.15, 0.2) is 65.2 Å². The molecule has 4 rings (SSSR count). The Balaban J connectivity index is 1.40. The van der Waals surface area contributed by atoms with Crippen molar-refractivity contribution in [3.63, 3.8) is 0 Å². The van der Waals surface area contributed by atoms with Crippen LogP contribution in [-0.2, 0) is 10.2 Å². The first-order valence-corrected chi connectivity index (χ1v) is 8.47. The molecule has 2 aromatic carbocycles. The molecule has 1 aliphatic rings. The van der Waals surface area contributed by atoms with Gasteiger partial charge in [-0.1, -0.05) is 47.6 Å². The molecule has 0 unspecified atom stereocenters. The maximum absolute atomic E-state index is 13.1. The Morgan fingerprint density at radius 1 is 1.00 bits per heavy atom. The highest BCUT2D eigenvalue weighted by atomic mass is 19.1. The molecule has 0 radical (unpaired) electrons. The van der Waals surface area contributed by atoms with Crippen molar-refractivity contribution in [1.29, 1.82) is 0 Å². The van der Waals surface area contributed by atoms with Gasteiger partial charge < -0.3 is 4.52 Å². The van der Waals surface area contributed by atoms with E-state index in [9.17, 15) is 14.0 Å². The second-order valence-corrected chi connectivity index (χ2v) is 6.44. The molecule has 136 valence electrons. The van der Waals surface area contributed by atoms with E-state index in [1.54, 1.807) is 12.1 Å². The van der Waals surface area contributed by atoms with Crippen molar-refractivity contribution < 1.29 is 18.5 Å². The van der Waals surface area contributed by atoms with Crippen molar-refractivity contribution in [2.24, 2.45) is 0 Å². The van der Waals surface area contributed by atoms with Crippen molar-refractivity contribution in [1.82, 2.24) is 16.0 Å². The lowest BCUT2D eigenvalue weighted by Gasteiger charge is -2.15. The molecule has 1 aliphatic carbocycles. The number of nitrogens with zero attached hydrogens (tertiary/aromatic N) is 1. The van der Waals surface area contributed by atoms with Gasteiger partial charge in [0.25, 0.3) is 5.91 Å². The Morgan fingerprint density at radius 2 is 1.70 bits per heavy atom. The Kier molecular flexibility index (Phi) is 4.19. The molecule has 0 bridgehead atoms. The van der Waals surface area contributed by atoms with Crippen LogP contribution in [-0.4, -0.2) is 17.0 Å². The standard InChI is InChI=1S/C20H16FN3O3/c21-15-8-6-14(7-9-15)20(10-11-20)19(26)23-22-18(25)16-12-17(27-24-16)13-4-2-1-3-5-13/h1-9,12H,10-11H2,(H,22,25)(H,23,26). The van der Waals surface area contributed by atoms with Crippen LogP contribution in [0.1, 0.15) is 28.9 Å². The minimum absolute atomic E-state index is 0.0563. The molecule has 1 heterocycles. The predicted molar refractivity (Wildman–Crippen MR) is 94.9 cm³/mol. The van der Waals surface area contributed by atoms with Crippen LogP contribution < -0.4 is 10.9 Å². The van der Waals surface area contributed by atoms with E-state index in [-0.39, 0.29) is 17.4 Å². The topological polar surface area (TPSA) is 84.2 Å². The Labute approximate surface area is 154 Å². The summed E-state index contributed by atoms with van der Waals surface area (Å²) in [5, 5.41) is 3.74. The van der Waals surface area contributed by atoms with Crippen molar-refractivity contribution in [2.45, 2.75) is 18.3 Å². The lowest BCUT2D eigenvalue weighted by atomic mass is 9.95. The second-order valence-electron chi connectivity index (χ2n) is 6.44. The van der Waals surface area contributed by atoms with E-state index < -0.39 is 11.3 Å². The fourth-order valence-electron chi connectivity index (χ4n) is 2.96. The van der Waals surface area contributed by atoms with Gasteiger partial charge in [0.1, 0.15) is 5.82 Å². The van der Waals surface area contributed by atoms with E-state index in [0.29, 0.717) is 18.6 Å². The summed E-state index contributed by atoms with van der Waals surface area (Å²) >= 11 is 0. The fraction of sp³-hybridized carbons (Fsp3) is 0.150. The molecule has 0 spiro atoms. The number of amides is 2. The van der Waals surface area contributed by atoms with Crippen molar-refractivity contribution in [2.75, 3.05) is 0 Å². The number of rotatable bonds is 4. The largest absolute Gasteiger partial charge is 0.355 e. The number of hydrogen-bond acceptors (Lipinski definition) is 4. The van der Waals surface area contributed by atoms with Gasteiger partial charge in [0.05, 0.1) is 5.41 Å². The SMILES string of the molecule is O=C(NNC(=O)C1(c2ccc(F)cc2)CC1)c1cc(-c2ccccc2)on1. The lowest BCUT2D eigenvalue weighted by molar-refractivity contribution is -0.124. The Morgan fingerprint density at radius 3 is 2.37 bits per heavy atom. The van der Waals surface area contributed by atoms with Crippen LogP contribution in [0.2, 0.25) is 0 Å². The smallest absolute Gasteiger partial charge is 0.291 e. The fourth-order valence-corrected chi connectivity index (χ4v) is 2.96. The number of carbonyl (C=O) groups excluding carboxylic acids is 2. The summed E-state index contributed by atoms with van der Waals surface area (Å²) in [6, 6.07) is 16.6. The average molecular weight is 365 g/mol. The van der Waals surface area contributed by atoms with Gasteiger partial charge in [-0.15, -0.1) is 0 Å². The third-order valence-electron chi connectivity index (χ3n) is 4.67. The normalized spacial score (nSPS) is 14.4. The van der Waals surface area contributed by atoms with Gasteiger partial charge in [0.15, 0.2) is 11.5 Å². The van der Waals surface area contributed by atoms with Crippen LogP contribution in [0.3, 0.4) is 0 Å². The molecule has 2 N–H and O–H groups in total. The summed E-state index contributed by atoms with van der Waals surface area (Å²) in [5.74, 6) is -0.820. The zero-order valence-electron chi connectivity index (χ0n) is 14.2. The molecule has 1 fully saturated rings. The van der Waals surface area contributed by atoms with E-state index in [4.69, 9.17) is 4.52 Å². The number of hydrogen-bond donors (Lipinski definition) is 2. The number of halogens is 1. The summed E-state index contributed by atoms with van der Waals surface area (Å²) in [6.07, 6.45) is 1.28. The summed E-state index contributed by atoms with van der Waals surface area (Å²) in [4.78, 5) is 24.7. The second kappa shape index (κ2) is 6.68. The molecule has 27 heavy (non-hydrogen) atoms. The van der Waals surface area contributed by atoms with Gasteiger partial charge in [0, 0.05) is 11.6 Å². The van der Waals surface area contributed by atoms with Gasteiger partial charge in [-0.3, -0.25) is 20.4 Å². The first-order valence-electron chi connectivity index (χ1n) is 8.47. The monoisotopic (exact) mass is 365 g/mol. The quantitative estimate of drug-likeness (QED) is 0.696. The maximum atomic E-state index is 13.1.